The van der Waals surface area contributed by atoms with Crippen LogP contribution in [0.3, 0.4) is 0 Å². The molecule has 2 rings (SSSR count). The summed E-state index contributed by atoms with van der Waals surface area (Å²) < 4.78 is 2.12. The van der Waals surface area contributed by atoms with Crippen LogP contribution in [-0.2, 0) is 19.9 Å². The lowest BCUT2D eigenvalue weighted by Crippen LogP contribution is -2.40. The molecule has 0 saturated carbocycles. The van der Waals surface area contributed by atoms with E-state index in [2.05, 4.69) is 52.8 Å². The van der Waals surface area contributed by atoms with E-state index in [1.807, 2.05) is 20.0 Å². The van der Waals surface area contributed by atoms with Gasteiger partial charge in [-0.15, -0.1) is 0 Å². The van der Waals surface area contributed by atoms with E-state index in [4.69, 9.17) is 5.73 Å². The van der Waals surface area contributed by atoms with E-state index in [1.165, 1.54) is 11.3 Å². The summed E-state index contributed by atoms with van der Waals surface area (Å²) in [6, 6.07) is 14.7. The van der Waals surface area contributed by atoms with Gasteiger partial charge in [0.2, 0.25) is 0 Å². The zero-order chi connectivity index (χ0) is 17.4. The van der Waals surface area contributed by atoms with E-state index in [9.17, 15) is 5.11 Å². The first-order valence-corrected chi connectivity index (χ1v) is 8.59. The topological polar surface area (TPSA) is 51.2 Å². The van der Waals surface area contributed by atoms with Gasteiger partial charge in [-0.05, 0) is 56.2 Å². The first-order valence-electron chi connectivity index (χ1n) is 8.59. The predicted molar refractivity (Wildman–Crippen MR) is 99.7 cm³/mol. The van der Waals surface area contributed by atoms with Crippen molar-refractivity contribution in [2.75, 3.05) is 6.61 Å². The molecule has 0 unspecified atom stereocenters. The van der Waals surface area contributed by atoms with E-state index >= 15 is 0 Å². The molecule has 3 heteroatoms. The smallest absolute Gasteiger partial charge is 0.0919 e. The number of hydrogen-bond acceptors (Lipinski definition) is 2. The van der Waals surface area contributed by atoms with Gasteiger partial charge < -0.3 is 15.4 Å². The maximum atomic E-state index is 9.24. The van der Waals surface area contributed by atoms with Gasteiger partial charge >= 0.3 is 0 Å². The number of nitrogens with two attached hydrogens (primary N) is 1. The fourth-order valence-electron chi connectivity index (χ4n) is 2.60. The Labute approximate surface area is 145 Å². The Balaban J connectivity index is 1.83. The van der Waals surface area contributed by atoms with Crippen molar-refractivity contribution < 1.29 is 5.11 Å². The van der Waals surface area contributed by atoms with Gasteiger partial charge in [0.25, 0.3) is 0 Å². The Hall–Kier alpha value is -2.02. The zero-order valence-electron chi connectivity index (χ0n) is 14.8. The highest BCUT2D eigenvalue weighted by molar-refractivity contribution is 5.32. The lowest BCUT2D eigenvalue weighted by Gasteiger charge is -2.21. The van der Waals surface area contributed by atoms with Crippen LogP contribution in [0.5, 0.6) is 0 Å². The summed E-state index contributed by atoms with van der Waals surface area (Å²) in [5.74, 6) is 6.54. The van der Waals surface area contributed by atoms with Crippen LogP contribution in [-0.4, -0.2) is 21.8 Å². The Morgan fingerprint density at radius 3 is 2.58 bits per heavy atom. The molecule has 0 spiro atoms. The largest absolute Gasteiger partial charge is 0.394 e. The summed E-state index contributed by atoms with van der Waals surface area (Å²) in [7, 11) is 2.04. The van der Waals surface area contributed by atoms with Gasteiger partial charge in [-0.1, -0.05) is 36.3 Å². The first-order chi connectivity index (χ1) is 11.5. The van der Waals surface area contributed by atoms with E-state index in [-0.39, 0.29) is 6.61 Å². The molecule has 0 radical (unpaired) electrons. The number of unbranched alkanes of at least 4 members (excludes halogenated alkanes) is 1. The zero-order valence-corrected chi connectivity index (χ0v) is 14.8. The van der Waals surface area contributed by atoms with E-state index in [0.717, 1.165) is 37.8 Å². The van der Waals surface area contributed by atoms with Gasteiger partial charge in [0.15, 0.2) is 0 Å². The number of aryl methyl sites for hydroxylation is 2. The molecule has 0 amide bonds. The van der Waals surface area contributed by atoms with Crippen LogP contribution in [0.25, 0.3) is 0 Å². The van der Waals surface area contributed by atoms with Crippen molar-refractivity contribution in [2.24, 2.45) is 12.8 Å². The second kappa shape index (κ2) is 8.73. The molecule has 0 bridgehead atoms. The molecule has 0 aliphatic heterocycles. The quantitative estimate of drug-likeness (QED) is 0.607. The highest BCUT2D eigenvalue weighted by Gasteiger charge is 2.17. The lowest BCUT2D eigenvalue weighted by atomic mass is 9.97. The summed E-state index contributed by atoms with van der Waals surface area (Å²) in [6.45, 7) is 1.88. The number of aliphatic hydroxyl groups is 1. The Bertz CT molecular complexity index is 690. The summed E-state index contributed by atoms with van der Waals surface area (Å²) in [5.41, 5.74) is 9.08. The second-order valence-electron chi connectivity index (χ2n) is 6.72. The monoisotopic (exact) mass is 324 g/mol. The molecule has 0 aliphatic rings. The van der Waals surface area contributed by atoms with Gasteiger partial charge in [-0.3, -0.25) is 0 Å². The maximum absolute atomic E-state index is 9.24. The molecule has 0 saturated heterocycles. The summed E-state index contributed by atoms with van der Waals surface area (Å²) in [4.78, 5) is 0. The molecular weight excluding hydrogens is 296 g/mol. The average Bonchev–Trinajstić information content (AvgIpc) is 2.94. The third kappa shape index (κ3) is 5.56. The van der Waals surface area contributed by atoms with Crippen molar-refractivity contribution in [3.05, 3.63) is 59.4 Å². The molecule has 1 aromatic carbocycles. The standard InChI is InChI=1S/C21H28N2O/c1-21(22,17-24)16-15-20-14-13-19(23(20)2)12-8-4-7-11-18-9-5-3-6-10-18/h3,5-6,9-10,13-14,24H,4,7,11,15-17,22H2,1-2H3/t21-/m1/s1. The van der Waals surface area contributed by atoms with Crippen molar-refractivity contribution in [3.63, 3.8) is 0 Å². The minimum Gasteiger partial charge on any atom is -0.394 e. The highest BCUT2D eigenvalue weighted by Crippen LogP contribution is 2.13. The van der Waals surface area contributed by atoms with Crippen LogP contribution in [0.2, 0.25) is 0 Å². The number of nitrogens with zero attached hydrogens (tertiary/aromatic N) is 1. The molecule has 2 aromatic rings. The van der Waals surface area contributed by atoms with Gasteiger partial charge in [-0.2, -0.15) is 0 Å². The third-order valence-corrected chi connectivity index (χ3v) is 4.37. The Morgan fingerprint density at radius 1 is 1.12 bits per heavy atom. The third-order valence-electron chi connectivity index (χ3n) is 4.37. The Morgan fingerprint density at radius 2 is 1.88 bits per heavy atom. The number of hydrogen-bond donors (Lipinski definition) is 2. The van der Waals surface area contributed by atoms with Gasteiger partial charge in [0, 0.05) is 24.7 Å². The van der Waals surface area contributed by atoms with Gasteiger partial charge in [0.05, 0.1) is 12.3 Å². The fraction of sp³-hybridized carbons (Fsp3) is 0.429. The van der Waals surface area contributed by atoms with Crippen molar-refractivity contribution in [2.45, 2.75) is 44.6 Å². The minimum atomic E-state index is -0.520. The number of aromatic nitrogens is 1. The molecular formula is C21H28N2O. The normalized spacial score (nSPS) is 13.2. The van der Waals surface area contributed by atoms with Crippen LogP contribution < -0.4 is 5.73 Å². The molecule has 1 heterocycles. The van der Waals surface area contributed by atoms with E-state index in [0.29, 0.717) is 0 Å². The second-order valence-corrected chi connectivity index (χ2v) is 6.72. The molecule has 3 nitrogen and oxygen atoms in total. The maximum Gasteiger partial charge on any atom is 0.0919 e. The molecule has 0 aliphatic carbocycles. The molecule has 128 valence electrons. The summed E-state index contributed by atoms with van der Waals surface area (Å²) >= 11 is 0. The predicted octanol–water partition coefficient (Wildman–Crippen LogP) is 3.04. The van der Waals surface area contributed by atoms with Gasteiger partial charge in [0.1, 0.15) is 0 Å². The van der Waals surface area contributed by atoms with Crippen LogP contribution in [0.1, 0.15) is 43.1 Å². The highest BCUT2D eigenvalue weighted by atomic mass is 16.3. The molecule has 0 fully saturated rings. The molecule has 1 atom stereocenters. The average molecular weight is 324 g/mol. The van der Waals surface area contributed by atoms with Gasteiger partial charge in [-0.25, -0.2) is 0 Å². The number of aliphatic hydroxyl groups excluding tert-OH is 1. The van der Waals surface area contributed by atoms with Crippen molar-refractivity contribution in [3.8, 4) is 11.8 Å². The van der Waals surface area contributed by atoms with Crippen molar-refractivity contribution in [1.29, 1.82) is 0 Å². The lowest BCUT2D eigenvalue weighted by molar-refractivity contribution is 0.200. The molecule has 1 aromatic heterocycles. The van der Waals surface area contributed by atoms with Crippen molar-refractivity contribution in [1.82, 2.24) is 4.57 Å². The number of benzene rings is 1. The number of rotatable bonds is 7. The molecule has 3 N–H and O–H groups in total. The van der Waals surface area contributed by atoms with Crippen LogP contribution in [0.15, 0.2) is 42.5 Å². The first kappa shape index (κ1) is 18.3. The Kier molecular flexibility index (Phi) is 6.66. The van der Waals surface area contributed by atoms with Crippen molar-refractivity contribution >= 4 is 0 Å². The fourth-order valence-corrected chi connectivity index (χ4v) is 2.60. The van der Waals surface area contributed by atoms with E-state index in [1.54, 1.807) is 0 Å². The molecule has 24 heavy (non-hydrogen) atoms. The van der Waals surface area contributed by atoms with Crippen LogP contribution in [0.4, 0.5) is 0 Å². The van der Waals surface area contributed by atoms with Crippen LogP contribution >= 0.6 is 0 Å². The summed E-state index contributed by atoms with van der Waals surface area (Å²) in [6.07, 6.45) is 4.66. The minimum absolute atomic E-state index is 0.00546. The van der Waals surface area contributed by atoms with E-state index < -0.39 is 5.54 Å². The van der Waals surface area contributed by atoms with Crippen LogP contribution in [0, 0.1) is 11.8 Å². The SMILES string of the molecule is Cn1c(C#CCCCc2ccccc2)ccc1CC[C@@](C)(N)CO. The summed E-state index contributed by atoms with van der Waals surface area (Å²) in [5, 5.41) is 9.24.